The monoisotopic (exact) mass is 285 g/mol. The zero-order valence-electron chi connectivity index (χ0n) is 11.7. The van der Waals surface area contributed by atoms with Gasteiger partial charge in [-0.25, -0.2) is 4.79 Å². The van der Waals surface area contributed by atoms with Gasteiger partial charge >= 0.3 is 5.97 Å². The molecule has 0 bridgehead atoms. The fraction of sp³-hybridized carbons (Fsp3) is 0.250. The van der Waals surface area contributed by atoms with Crippen molar-refractivity contribution in [3.63, 3.8) is 0 Å². The normalized spacial score (nSPS) is 10.3. The molecule has 0 radical (unpaired) electrons. The lowest BCUT2D eigenvalue weighted by Crippen LogP contribution is -2.11. The van der Waals surface area contributed by atoms with Gasteiger partial charge in [-0.05, 0) is 23.8 Å². The maximum Gasteiger partial charge on any atom is 0.348 e. The van der Waals surface area contributed by atoms with E-state index in [1.165, 1.54) is 13.2 Å². The van der Waals surface area contributed by atoms with Gasteiger partial charge in [0.15, 0.2) is 0 Å². The van der Waals surface area contributed by atoms with Crippen LogP contribution in [-0.4, -0.2) is 32.9 Å². The minimum atomic E-state index is -0.679. The summed E-state index contributed by atoms with van der Waals surface area (Å²) >= 11 is 0. The van der Waals surface area contributed by atoms with Gasteiger partial charge in [0.2, 0.25) is 0 Å². The van der Waals surface area contributed by atoms with Crippen molar-refractivity contribution >= 4 is 12.0 Å². The Balaban J connectivity index is 2.72. The molecule has 108 valence electrons. The first kappa shape index (κ1) is 16.3. The van der Waals surface area contributed by atoms with Crippen molar-refractivity contribution < 1.29 is 19.0 Å². The summed E-state index contributed by atoms with van der Waals surface area (Å²) in [6.45, 7) is 0.573. The number of ether oxygens (including phenoxy) is 3. The summed E-state index contributed by atoms with van der Waals surface area (Å²) in [5, 5.41) is 8.99. The quantitative estimate of drug-likeness (QED) is 0.251. The van der Waals surface area contributed by atoms with Gasteiger partial charge in [-0.1, -0.05) is 18.1 Å². The first-order valence-corrected chi connectivity index (χ1v) is 6.15. The van der Waals surface area contributed by atoms with E-state index in [0.29, 0.717) is 11.3 Å². The molecular formula is C16H15NO4. The highest BCUT2D eigenvalue weighted by Gasteiger charge is 2.10. The summed E-state index contributed by atoms with van der Waals surface area (Å²) in [5.41, 5.74) is 0.603. The molecule has 0 saturated carbocycles. The Hall–Kier alpha value is -2.76. The van der Waals surface area contributed by atoms with Crippen LogP contribution in [0.25, 0.3) is 6.08 Å². The minimum Gasteiger partial charge on any atom is -0.481 e. The number of methoxy groups -OCH3 is 1. The summed E-state index contributed by atoms with van der Waals surface area (Å²) in [7, 11) is 1.50. The third-order valence-electron chi connectivity index (χ3n) is 2.37. The average Bonchev–Trinajstić information content (AvgIpc) is 2.51. The van der Waals surface area contributed by atoms with Gasteiger partial charge in [-0.2, -0.15) is 5.26 Å². The van der Waals surface area contributed by atoms with E-state index in [9.17, 15) is 4.79 Å². The molecule has 0 spiro atoms. The summed E-state index contributed by atoms with van der Waals surface area (Å²) in [5.74, 6) is 2.30. The number of carbonyl (C=O) groups excluding carboxylic acids is 1. The highest BCUT2D eigenvalue weighted by Crippen LogP contribution is 2.14. The van der Waals surface area contributed by atoms with Crippen LogP contribution in [0.15, 0.2) is 29.8 Å². The summed E-state index contributed by atoms with van der Waals surface area (Å²) in [6.07, 6.45) is 6.54. The second-order valence-electron chi connectivity index (χ2n) is 3.86. The van der Waals surface area contributed by atoms with Crippen molar-refractivity contribution in [3.8, 4) is 24.2 Å². The van der Waals surface area contributed by atoms with E-state index < -0.39 is 5.97 Å². The molecule has 0 atom stereocenters. The molecule has 0 fully saturated rings. The number of esters is 1. The summed E-state index contributed by atoms with van der Waals surface area (Å²) in [4.78, 5) is 11.6. The van der Waals surface area contributed by atoms with Gasteiger partial charge in [-0.15, -0.1) is 6.42 Å². The fourth-order valence-corrected chi connectivity index (χ4v) is 1.38. The van der Waals surface area contributed by atoms with Crippen molar-refractivity contribution in [2.75, 3.05) is 26.9 Å². The van der Waals surface area contributed by atoms with E-state index in [4.69, 9.17) is 25.9 Å². The molecule has 0 amide bonds. The van der Waals surface area contributed by atoms with Crippen LogP contribution >= 0.6 is 0 Å². The van der Waals surface area contributed by atoms with Crippen LogP contribution in [-0.2, 0) is 14.3 Å². The molecule has 0 aliphatic rings. The molecule has 0 aliphatic carbocycles. The molecule has 1 rings (SSSR count). The first-order valence-electron chi connectivity index (χ1n) is 6.15. The highest BCUT2D eigenvalue weighted by molar-refractivity contribution is 5.97. The number of rotatable bonds is 7. The Morgan fingerprint density at radius 2 is 2.05 bits per heavy atom. The molecule has 0 N–H and O–H groups in total. The predicted molar refractivity (Wildman–Crippen MR) is 77.2 cm³/mol. The number of benzene rings is 1. The topological polar surface area (TPSA) is 68.5 Å². The van der Waals surface area contributed by atoms with Gasteiger partial charge in [0.25, 0.3) is 0 Å². The number of nitrogens with zero attached hydrogens (tertiary/aromatic N) is 1. The zero-order chi connectivity index (χ0) is 15.5. The van der Waals surface area contributed by atoms with Crippen molar-refractivity contribution in [1.82, 2.24) is 0 Å². The summed E-state index contributed by atoms with van der Waals surface area (Å²) < 4.78 is 14.9. The minimum absolute atomic E-state index is 0.0802. The van der Waals surface area contributed by atoms with Crippen LogP contribution in [0.1, 0.15) is 5.56 Å². The van der Waals surface area contributed by atoms with E-state index in [0.717, 1.165) is 0 Å². The highest BCUT2D eigenvalue weighted by atomic mass is 16.6. The number of terminal acetylenes is 1. The Labute approximate surface area is 123 Å². The van der Waals surface area contributed by atoms with E-state index in [1.54, 1.807) is 24.3 Å². The van der Waals surface area contributed by atoms with Crippen LogP contribution in [0.3, 0.4) is 0 Å². The molecule has 0 saturated heterocycles. The van der Waals surface area contributed by atoms with Gasteiger partial charge in [0, 0.05) is 7.11 Å². The van der Waals surface area contributed by atoms with E-state index in [1.807, 2.05) is 6.07 Å². The second kappa shape index (κ2) is 9.19. The maximum absolute atomic E-state index is 11.6. The van der Waals surface area contributed by atoms with Crippen LogP contribution in [0.5, 0.6) is 5.75 Å². The van der Waals surface area contributed by atoms with E-state index >= 15 is 0 Å². The lowest BCUT2D eigenvalue weighted by molar-refractivity contribution is -0.139. The number of hydrogen-bond donors (Lipinski definition) is 0. The van der Waals surface area contributed by atoms with E-state index in [2.05, 4.69) is 5.92 Å². The Bertz CT molecular complexity index is 576. The molecule has 1 aromatic carbocycles. The molecule has 0 aliphatic heterocycles. The Morgan fingerprint density at radius 3 is 2.62 bits per heavy atom. The smallest absolute Gasteiger partial charge is 0.348 e. The van der Waals surface area contributed by atoms with E-state index in [-0.39, 0.29) is 25.4 Å². The number of hydrogen-bond acceptors (Lipinski definition) is 5. The molecule has 0 heterocycles. The molecule has 5 heteroatoms. The fourth-order valence-electron chi connectivity index (χ4n) is 1.38. The first-order chi connectivity index (χ1) is 10.2. The molecular weight excluding hydrogens is 270 g/mol. The van der Waals surface area contributed by atoms with Gasteiger partial charge in [0.05, 0.1) is 6.61 Å². The standard InChI is InChI=1S/C16H15NO4/c1-3-8-20-15-6-4-13(5-7-15)11-14(12-17)16(18)21-10-9-19-2/h1,4-7,11H,8-10H2,2H3/b14-11-. The van der Waals surface area contributed by atoms with Gasteiger partial charge < -0.3 is 14.2 Å². The van der Waals surface area contributed by atoms with Crippen molar-refractivity contribution in [2.24, 2.45) is 0 Å². The largest absolute Gasteiger partial charge is 0.481 e. The Kier molecular flexibility index (Phi) is 7.13. The van der Waals surface area contributed by atoms with Crippen molar-refractivity contribution in [1.29, 1.82) is 5.26 Å². The molecule has 0 unspecified atom stereocenters. The van der Waals surface area contributed by atoms with Crippen LogP contribution < -0.4 is 4.74 Å². The lowest BCUT2D eigenvalue weighted by Gasteiger charge is -2.04. The van der Waals surface area contributed by atoms with Crippen LogP contribution in [0.2, 0.25) is 0 Å². The van der Waals surface area contributed by atoms with Gasteiger partial charge in [-0.3, -0.25) is 0 Å². The predicted octanol–water partition coefficient (Wildman–Crippen LogP) is 1.80. The number of nitriles is 1. The average molecular weight is 285 g/mol. The lowest BCUT2D eigenvalue weighted by atomic mass is 10.1. The van der Waals surface area contributed by atoms with Crippen LogP contribution in [0, 0.1) is 23.7 Å². The molecule has 5 nitrogen and oxygen atoms in total. The third kappa shape index (κ3) is 5.82. The zero-order valence-corrected chi connectivity index (χ0v) is 11.7. The second-order valence-corrected chi connectivity index (χ2v) is 3.86. The summed E-state index contributed by atoms with van der Waals surface area (Å²) in [6, 6.07) is 8.65. The third-order valence-corrected chi connectivity index (χ3v) is 2.37. The SMILES string of the molecule is C#CCOc1ccc(/C=C(/C#N)C(=O)OCCOC)cc1. The van der Waals surface area contributed by atoms with Crippen LogP contribution in [0.4, 0.5) is 0 Å². The molecule has 1 aromatic rings. The molecule has 0 aromatic heterocycles. The van der Waals surface area contributed by atoms with Crippen molar-refractivity contribution in [3.05, 3.63) is 35.4 Å². The number of carbonyl (C=O) groups is 1. The van der Waals surface area contributed by atoms with Crippen molar-refractivity contribution in [2.45, 2.75) is 0 Å². The maximum atomic E-state index is 11.6. The molecule has 21 heavy (non-hydrogen) atoms. The van der Waals surface area contributed by atoms with Gasteiger partial charge in [0.1, 0.15) is 30.6 Å². The Morgan fingerprint density at radius 1 is 1.33 bits per heavy atom.